The minimum Gasteiger partial charge on any atom is -0.497 e. The molecule has 2 aromatic rings. The fourth-order valence-corrected chi connectivity index (χ4v) is 3.62. The highest BCUT2D eigenvalue weighted by Crippen LogP contribution is 2.31. The maximum atomic E-state index is 13.1. The zero-order chi connectivity index (χ0) is 24.0. The molecule has 1 aliphatic heterocycles. The molecule has 1 saturated heterocycles. The van der Waals surface area contributed by atoms with E-state index in [4.69, 9.17) is 4.74 Å². The van der Waals surface area contributed by atoms with E-state index in [2.05, 4.69) is 16.1 Å². The first-order chi connectivity index (χ1) is 15.8. The van der Waals surface area contributed by atoms with Crippen LogP contribution in [0.4, 0.5) is 10.5 Å². The van der Waals surface area contributed by atoms with Crippen molar-refractivity contribution in [3.05, 3.63) is 60.2 Å². The number of carbonyl (C=O) groups excluding carboxylic acids is 4. The fourth-order valence-electron chi connectivity index (χ4n) is 3.62. The number of nitrogens with one attached hydrogen (secondary N) is 3. The highest BCUT2D eigenvalue weighted by Gasteiger charge is 2.52. The summed E-state index contributed by atoms with van der Waals surface area (Å²) in [5, 5.41) is 6.12. The predicted molar refractivity (Wildman–Crippen MR) is 121 cm³/mol. The normalized spacial score (nSPS) is 17.6. The van der Waals surface area contributed by atoms with Crippen LogP contribution in [0.1, 0.15) is 18.9 Å². The molecule has 0 bridgehead atoms. The molecule has 0 aromatic heterocycles. The van der Waals surface area contributed by atoms with Gasteiger partial charge in [-0.3, -0.25) is 24.7 Å². The summed E-state index contributed by atoms with van der Waals surface area (Å²) in [6.45, 7) is 1.52. The Morgan fingerprint density at radius 3 is 2.27 bits per heavy atom. The molecule has 0 unspecified atom stereocenters. The number of hydrogen-bond donors (Lipinski definition) is 3. The third-order valence-electron chi connectivity index (χ3n) is 5.33. The predicted octanol–water partition coefficient (Wildman–Crippen LogP) is 1.45. The molecular weight excluding hydrogens is 426 g/mol. The third kappa shape index (κ3) is 5.29. The van der Waals surface area contributed by atoms with Gasteiger partial charge in [0.15, 0.2) is 0 Å². The van der Waals surface area contributed by atoms with Gasteiger partial charge in [0, 0.05) is 5.69 Å². The maximum absolute atomic E-state index is 13.1. The van der Waals surface area contributed by atoms with Gasteiger partial charge in [0.1, 0.15) is 11.3 Å². The van der Waals surface area contributed by atoms with Gasteiger partial charge in [-0.25, -0.2) is 4.79 Å². The van der Waals surface area contributed by atoms with Crippen LogP contribution in [0.3, 0.4) is 0 Å². The molecule has 1 aliphatic rings. The molecule has 10 heteroatoms. The molecule has 174 valence electrons. The molecule has 1 fully saturated rings. The number of nitrogens with zero attached hydrogens (tertiary/aromatic N) is 2. The SMILES string of the molecule is CC[C@]1(c2ccccc2)NC(=O)N(NC(=O)CN(C)CC(=O)Nc2ccc(OC)cc2)C1=O. The van der Waals surface area contributed by atoms with Crippen LogP contribution >= 0.6 is 0 Å². The second-order valence-corrected chi connectivity index (χ2v) is 7.68. The molecule has 2 aromatic carbocycles. The van der Waals surface area contributed by atoms with Gasteiger partial charge in [0.05, 0.1) is 20.2 Å². The van der Waals surface area contributed by atoms with Crippen LogP contribution in [0.5, 0.6) is 5.75 Å². The van der Waals surface area contributed by atoms with E-state index in [0.717, 1.165) is 0 Å². The van der Waals surface area contributed by atoms with Crippen molar-refractivity contribution in [3.8, 4) is 5.75 Å². The minimum atomic E-state index is -1.24. The Balaban J connectivity index is 1.55. The van der Waals surface area contributed by atoms with E-state index < -0.39 is 23.4 Å². The topological polar surface area (TPSA) is 120 Å². The number of hydrogen-bond acceptors (Lipinski definition) is 6. The second-order valence-electron chi connectivity index (χ2n) is 7.68. The number of rotatable bonds is 9. The summed E-state index contributed by atoms with van der Waals surface area (Å²) in [6.07, 6.45) is 0.319. The molecule has 0 aliphatic carbocycles. The van der Waals surface area contributed by atoms with Crippen LogP contribution in [-0.2, 0) is 19.9 Å². The zero-order valence-electron chi connectivity index (χ0n) is 18.8. The standard InChI is InChI=1S/C23H27N5O5/c1-4-23(16-8-6-5-7-9-16)21(31)28(22(32)25-23)26-20(30)15-27(2)14-19(29)24-17-10-12-18(33-3)13-11-17/h5-13H,4,14-15H2,1-3H3,(H,24,29)(H,25,32)(H,26,30)/t23-/m1/s1. The summed E-state index contributed by atoms with van der Waals surface area (Å²) in [5.41, 5.74) is 2.34. The van der Waals surface area contributed by atoms with Crippen molar-refractivity contribution in [1.29, 1.82) is 0 Å². The van der Waals surface area contributed by atoms with Crippen molar-refractivity contribution in [2.45, 2.75) is 18.9 Å². The summed E-state index contributed by atoms with van der Waals surface area (Å²) >= 11 is 0. The largest absolute Gasteiger partial charge is 0.497 e. The van der Waals surface area contributed by atoms with Gasteiger partial charge in [-0.15, -0.1) is 0 Å². The van der Waals surface area contributed by atoms with Crippen molar-refractivity contribution in [2.75, 3.05) is 32.6 Å². The molecule has 0 radical (unpaired) electrons. The minimum absolute atomic E-state index is 0.0670. The summed E-state index contributed by atoms with van der Waals surface area (Å²) in [7, 11) is 3.14. The van der Waals surface area contributed by atoms with E-state index in [9.17, 15) is 19.2 Å². The number of imide groups is 1. The van der Waals surface area contributed by atoms with Crippen LogP contribution in [0.2, 0.25) is 0 Å². The van der Waals surface area contributed by atoms with Crippen LogP contribution in [0.15, 0.2) is 54.6 Å². The number of likely N-dealkylation sites (N-methyl/N-ethyl adjacent to an activating group) is 1. The van der Waals surface area contributed by atoms with Crippen molar-refractivity contribution in [3.63, 3.8) is 0 Å². The lowest BCUT2D eigenvalue weighted by Gasteiger charge is -2.25. The van der Waals surface area contributed by atoms with E-state index in [0.29, 0.717) is 28.4 Å². The lowest BCUT2D eigenvalue weighted by molar-refractivity contribution is -0.140. The van der Waals surface area contributed by atoms with Crippen LogP contribution in [0.25, 0.3) is 0 Å². The molecular formula is C23H27N5O5. The fraction of sp³-hybridized carbons (Fsp3) is 0.304. The van der Waals surface area contributed by atoms with Gasteiger partial charge in [0.2, 0.25) is 5.91 Å². The highest BCUT2D eigenvalue weighted by molar-refractivity contribution is 6.08. The van der Waals surface area contributed by atoms with Gasteiger partial charge >= 0.3 is 6.03 Å². The Kier molecular flexibility index (Phi) is 7.29. The average Bonchev–Trinajstić information content (AvgIpc) is 3.05. The molecule has 10 nitrogen and oxygen atoms in total. The van der Waals surface area contributed by atoms with Gasteiger partial charge in [-0.1, -0.05) is 37.3 Å². The molecule has 5 amide bonds. The molecule has 0 saturated carbocycles. The Morgan fingerprint density at radius 2 is 1.67 bits per heavy atom. The number of urea groups is 1. The summed E-state index contributed by atoms with van der Waals surface area (Å²) in [4.78, 5) is 51.7. The first-order valence-electron chi connectivity index (χ1n) is 10.4. The van der Waals surface area contributed by atoms with Crippen LogP contribution in [0, 0.1) is 0 Å². The Morgan fingerprint density at radius 1 is 1.03 bits per heavy atom. The molecule has 3 N–H and O–H groups in total. The lowest BCUT2D eigenvalue weighted by atomic mass is 9.87. The molecule has 33 heavy (non-hydrogen) atoms. The third-order valence-corrected chi connectivity index (χ3v) is 5.33. The monoisotopic (exact) mass is 453 g/mol. The van der Waals surface area contributed by atoms with Gasteiger partial charge < -0.3 is 15.4 Å². The summed E-state index contributed by atoms with van der Waals surface area (Å²) < 4.78 is 5.08. The van der Waals surface area contributed by atoms with E-state index in [-0.39, 0.29) is 19.0 Å². The molecule has 1 atom stereocenters. The zero-order valence-corrected chi connectivity index (χ0v) is 18.8. The number of anilines is 1. The summed E-state index contributed by atoms with van der Waals surface area (Å²) in [6, 6.07) is 15.0. The number of benzene rings is 2. The van der Waals surface area contributed by atoms with Crippen LogP contribution in [-0.4, -0.2) is 60.9 Å². The van der Waals surface area contributed by atoms with Crippen molar-refractivity contribution in [2.24, 2.45) is 0 Å². The average molecular weight is 453 g/mol. The Hall–Kier alpha value is -3.92. The number of methoxy groups -OCH3 is 1. The first-order valence-corrected chi connectivity index (χ1v) is 10.4. The number of carbonyl (C=O) groups is 4. The first kappa shape index (κ1) is 23.7. The van der Waals surface area contributed by atoms with Gasteiger partial charge in [-0.2, -0.15) is 5.01 Å². The van der Waals surface area contributed by atoms with E-state index in [1.165, 1.54) is 4.90 Å². The summed E-state index contributed by atoms with van der Waals surface area (Å²) in [5.74, 6) is -0.811. The van der Waals surface area contributed by atoms with Crippen LogP contribution < -0.4 is 20.8 Å². The van der Waals surface area contributed by atoms with E-state index >= 15 is 0 Å². The molecule has 1 heterocycles. The number of amides is 5. The lowest BCUT2D eigenvalue weighted by Crippen LogP contribution is -2.51. The smallest absolute Gasteiger partial charge is 0.344 e. The van der Waals surface area contributed by atoms with Crippen molar-refractivity contribution >= 4 is 29.4 Å². The van der Waals surface area contributed by atoms with Crippen molar-refractivity contribution in [1.82, 2.24) is 20.7 Å². The maximum Gasteiger partial charge on any atom is 0.344 e. The molecule has 3 rings (SSSR count). The van der Waals surface area contributed by atoms with E-state index in [1.54, 1.807) is 69.6 Å². The second kappa shape index (κ2) is 10.1. The number of hydrazine groups is 1. The molecule has 0 spiro atoms. The van der Waals surface area contributed by atoms with E-state index in [1.807, 2.05) is 6.07 Å². The Bertz CT molecular complexity index is 1030. The number of ether oxygens (including phenoxy) is 1. The quantitative estimate of drug-likeness (QED) is 0.495. The van der Waals surface area contributed by atoms with Gasteiger partial charge in [-0.05, 0) is 43.3 Å². The van der Waals surface area contributed by atoms with Gasteiger partial charge in [0.25, 0.3) is 11.8 Å². The Labute approximate surface area is 191 Å². The van der Waals surface area contributed by atoms with Crippen molar-refractivity contribution < 1.29 is 23.9 Å². The highest BCUT2D eigenvalue weighted by atomic mass is 16.5.